The molecule has 9 nitrogen and oxygen atoms in total. The summed E-state index contributed by atoms with van der Waals surface area (Å²) in [6.07, 6.45) is 1.67. The summed E-state index contributed by atoms with van der Waals surface area (Å²) in [5, 5.41) is 33.6. The van der Waals surface area contributed by atoms with Gasteiger partial charge in [-0.05, 0) is 97.5 Å². The van der Waals surface area contributed by atoms with Crippen molar-refractivity contribution in [3.63, 3.8) is 0 Å². The third kappa shape index (κ3) is 7.45. The van der Waals surface area contributed by atoms with Gasteiger partial charge in [0, 0.05) is 60.9 Å². The van der Waals surface area contributed by atoms with Gasteiger partial charge in [-0.1, -0.05) is 24.3 Å². The van der Waals surface area contributed by atoms with Gasteiger partial charge in [-0.2, -0.15) is 0 Å². The molecule has 4 N–H and O–H groups in total. The first-order valence-corrected chi connectivity index (χ1v) is 16.7. The van der Waals surface area contributed by atoms with Crippen LogP contribution in [0.1, 0.15) is 63.6 Å². The highest BCUT2D eigenvalue weighted by Gasteiger charge is 2.31. The fraction of sp³-hybridized carbons (Fsp3) is 0.333. The monoisotopic (exact) mass is 649 g/mol. The Bertz CT molecular complexity index is 1690. The minimum absolute atomic E-state index is 0.0190. The van der Waals surface area contributed by atoms with Crippen molar-refractivity contribution in [1.29, 1.82) is 0 Å². The van der Waals surface area contributed by atoms with Crippen LogP contribution < -0.4 is 19.6 Å². The molecule has 2 aliphatic rings. The first kappa shape index (κ1) is 33.4. The molecule has 250 valence electrons. The highest BCUT2D eigenvalue weighted by atomic mass is 16.3. The van der Waals surface area contributed by atoms with Crippen LogP contribution in [0.2, 0.25) is 0 Å². The Morgan fingerprint density at radius 2 is 1.06 bits per heavy atom. The van der Waals surface area contributed by atoms with E-state index in [0.717, 1.165) is 68.9 Å². The van der Waals surface area contributed by atoms with Gasteiger partial charge in [0.05, 0.1) is 31.9 Å². The van der Waals surface area contributed by atoms with Gasteiger partial charge in [-0.15, -0.1) is 0 Å². The molecule has 48 heavy (non-hydrogen) atoms. The number of aliphatic hydroxyl groups is 3. The Hall–Kier alpha value is -4.54. The summed E-state index contributed by atoms with van der Waals surface area (Å²) in [6.45, 7) is 3.21. The third-order valence-corrected chi connectivity index (χ3v) is 9.75. The van der Waals surface area contributed by atoms with Gasteiger partial charge in [0.25, 0.3) is 5.91 Å². The standard InChI is InChI=1S/C39H44N4O5/c1-43(2,39(48)30-7-15-33(16-8-30)42-25-21-36(45)22-26-42)34-17-9-28(10-18-34)37(46)27-3-11-31(12-4-27)40-38(47)29-5-13-32(14-6-29)41-23-19-35(44)20-24-41/h3-18,35-37,44-46H,19-26H2,1-2H3/p+1. The van der Waals surface area contributed by atoms with Gasteiger partial charge in [-0.3, -0.25) is 4.79 Å². The van der Waals surface area contributed by atoms with Gasteiger partial charge in [0.1, 0.15) is 11.8 Å². The van der Waals surface area contributed by atoms with Crippen molar-refractivity contribution in [2.45, 2.75) is 44.0 Å². The Kier molecular flexibility index (Phi) is 9.93. The van der Waals surface area contributed by atoms with Crippen LogP contribution in [0.25, 0.3) is 0 Å². The van der Waals surface area contributed by atoms with Gasteiger partial charge in [-0.25, -0.2) is 9.28 Å². The maximum absolute atomic E-state index is 13.6. The molecule has 0 radical (unpaired) electrons. The minimum atomic E-state index is -0.873. The number of carbonyl (C=O) groups excluding carboxylic acids is 2. The van der Waals surface area contributed by atoms with Crippen molar-refractivity contribution < 1.29 is 24.9 Å². The number of hydrogen-bond acceptors (Lipinski definition) is 7. The van der Waals surface area contributed by atoms with Crippen LogP contribution >= 0.6 is 0 Å². The molecule has 0 saturated carbocycles. The van der Waals surface area contributed by atoms with Crippen molar-refractivity contribution in [2.75, 3.05) is 55.4 Å². The van der Waals surface area contributed by atoms with Gasteiger partial charge in [0.2, 0.25) is 0 Å². The lowest BCUT2D eigenvalue weighted by Gasteiger charge is -2.31. The summed E-state index contributed by atoms with van der Waals surface area (Å²) in [4.78, 5) is 30.9. The Morgan fingerprint density at radius 1 is 0.646 bits per heavy atom. The molecular formula is C39H45N4O5+. The summed E-state index contributed by atoms with van der Waals surface area (Å²) >= 11 is 0. The predicted molar refractivity (Wildman–Crippen MR) is 191 cm³/mol. The average Bonchev–Trinajstić information content (AvgIpc) is 3.12. The molecule has 2 fully saturated rings. The van der Waals surface area contributed by atoms with Gasteiger partial charge < -0.3 is 30.4 Å². The topological polar surface area (TPSA) is 113 Å². The highest BCUT2D eigenvalue weighted by Crippen LogP contribution is 2.29. The maximum Gasteiger partial charge on any atom is 0.350 e. The normalized spacial score (nSPS) is 16.9. The largest absolute Gasteiger partial charge is 0.393 e. The molecule has 2 heterocycles. The zero-order valence-corrected chi connectivity index (χ0v) is 27.6. The maximum atomic E-state index is 13.6. The fourth-order valence-electron chi connectivity index (χ4n) is 6.50. The van der Waals surface area contributed by atoms with Crippen LogP contribution in [0.4, 0.5) is 22.7 Å². The lowest BCUT2D eigenvalue weighted by atomic mass is 10.0. The molecule has 1 unspecified atom stereocenters. The second-order valence-electron chi connectivity index (χ2n) is 13.4. The summed E-state index contributed by atoms with van der Waals surface area (Å²) in [7, 11) is 3.71. The Labute approximate surface area is 282 Å². The lowest BCUT2D eigenvalue weighted by Crippen LogP contribution is -2.46. The van der Waals surface area contributed by atoms with Crippen LogP contribution in [0.5, 0.6) is 0 Å². The first-order valence-electron chi connectivity index (χ1n) is 16.7. The summed E-state index contributed by atoms with van der Waals surface area (Å²) < 4.78 is 0.0190. The van der Waals surface area contributed by atoms with Crippen molar-refractivity contribution >= 4 is 34.6 Å². The van der Waals surface area contributed by atoms with Crippen molar-refractivity contribution in [1.82, 2.24) is 4.48 Å². The lowest BCUT2D eigenvalue weighted by molar-refractivity contribution is 0.0831. The third-order valence-electron chi connectivity index (χ3n) is 9.75. The van der Waals surface area contributed by atoms with E-state index in [-0.39, 0.29) is 28.5 Å². The first-order chi connectivity index (χ1) is 23.1. The smallest absolute Gasteiger partial charge is 0.350 e. The molecule has 0 bridgehead atoms. The molecule has 0 spiro atoms. The molecule has 9 heteroatoms. The molecule has 0 aliphatic carbocycles. The minimum Gasteiger partial charge on any atom is -0.393 e. The molecule has 0 aromatic heterocycles. The van der Waals surface area contributed by atoms with E-state index in [1.165, 1.54) is 0 Å². The van der Waals surface area contributed by atoms with Crippen molar-refractivity contribution in [2.24, 2.45) is 0 Å². The van der Waals surface area contributed by atoms with Crippen LogP contribution in [0.3, 0.4) is 0 Å². The number of quaternary nitrogens is 1. The van der Waals surface area contributed by atoms with Gasteiger partial charge >= 0.3 is 5.91 Å². The zero-order valence-electron chi connectivity index (χ0n) is 27.6. The SMILES string of the molecule is C[N+](C)(C(=O)c1ccc(N2CCC(O)CC2)cc1)c1ccc(C(O)c2ccc(NC(=O)c3ccc(N4CCC(O)CC4)cc3)cc2)cc1. The zero-order chi connectivity index (χ0) is 33.8. The molecule has 2 saturated heterocycles. The highest BCUT2D eigenvalue weighted by molar-refractivity contribution is 6.04. The number of benzene rings is 4. The number of carbonyl (C=O) groups is 2. The van der Waals surface area contributed by atoms with E-state index in [4.69, 9.17) is 0 Å². The number of hydrogen-bond donors (Lipinski definition) is 4. The van der Waals surface area contributed by atoms with Crippen molar-refractivity contribution in [3.05, 3.63) is 119 Å². The molecule has 2 aliphatic heterocycles. The predicted octanol–water partition coefficient (Wildman–Crippen LogP) is 5.35. The fourth-order valence-corrected chi connectivity index (χ4v) is 6.50. The number of aliphatic hydroxyl groups excluding tert-OH is 3. The Balaban J connectivity index is 1.05. The second kappa shape index (κ2) is 14.3. The summed E-state index contributed by atoms with van der Waals surface area (Å²) in [6, 6.07) is 29.7. The van der Waals surface area contributed by atoms with Crippen molar-refractivity contribution in [3.8, 4) is 0 Å². The van der Waals surface area contributed by atoms with Crippen LogP contribution in [0.15, 0.2) is 97.1 Å². The summed E-state index contributed by atoms with van der Waals surface area (Å²) in [5.74, 6) is -0.256. The van der Waals surface area contributed by atoms with E-state index < -0.39 is 6.10 Å². The van der Waals surface area contributed by atoms with E-state index in [1.807, 2.05) is 86.9 Å². The molecule has 6 rings (SSSR count). The number of amides is 2. The van der Waals surface area contributed by atoms with Crippen LogP contribution in [0, 0.1) is 0 Å². The van der Waals surface area contributed by atoms with Crippen LogP contribution in [-0.2, 0) is 0 Å². The van der Waals surface area contributed by atoms with E-state index in [1.54, 1.807) is 24.3 Å². The quantitative estimate of drug-likeness (QED) is 0.191. The second-order valence-corrected chi connectivity index (χ2v) is 13.4. The molecule has 1 atom stereocenters. The van der Waals surface area contributed by atoms with Crippen LogP contribution in [-0.4, -0.2) is 79.6 Å². The number of anilines is 3. The molecule has 2 amide bonds. The number of rotatable bonds is 8. The van der Waals surface area contributed by atoms with E-state index >= 15 is 0 Å². The van der Waals surface area contributed by atoms with E-state index in [0.29, 0.717) is 27.9 Å². The average molecular weight is 650 g/mol. The van der Waals surface area contributed by atoms with E-state index in [2.05, 4.69) is 15.1 Å². The van der Waals surface area contributed by atoms with E-state index in [9.17, 15) is 24.9 Å². The Morgan fingerprint density at radius 3 is 1.52 bits per heavy atom. The van der Waals surface area contributed by atoms with Gasteiger partial charge in [0.15, 0.2) is 0 Å². The summed E-state index contributed by atoms with van der Waals surface area (Å²) in [5.41, 5.74) is 6.07. The number of nitrogens with zero attached hydrogens (tertiary/aromatic N) is 3. The number of piperidine rings is 2. The molecular weight excluding hydrogens is 604 g/mol. The number of nitrogens with one attached hydrogen (secondary N) is 1. The molecule has 4 aromatic rings. The molecule has 4 aromatic carbocycles.